The Morgan fingerprint density at radius 2 is 1.94 bits per heavy atom. The van der Waals surface area contributed by atoms with Crippen LogP contribution in [0.5, 0.6) is 5.88 Å². The van der Waals surface area contributed by atoms with Gasteiger partial charge < -0.3 is 4.74 Å². The van der Waals surface area contributed by atoms with Crippen molar-refractivity contribution in [2.24, 2.45) is 0 Å². The topological polar surface area (TPSA) is 22.1 Å². The predicted octanol–water partition coefficient (Wildman–Crippen LogP) is 4.41. The van der Waals surface area contributed by atoms with Crippen LogP contribution in [0.25, 0.3) is 10.4 Å². The lowest BCUT2D eigenvalue weighted by Crippen LogP contribution is -1.85. The van der Waals surface area contributed by atoms with Gasteiger partial charge in [0, 0.05) is 27.6 Å². The van der Waals surface area contributed by atoms with Crippen LogP contribution in [0, 0.1) is 0 Å². The number of ether oxygens (including phenoxy) is 1. The normalized spacial score (nSPS) is 9.41. The molecule has 0 aliphatic heterocycles. The van der Waals surface area contributed by atoms with Gasteiger partial charge in [0.2, 0.25) is 5.88 Å². The first-order chi connectivity index (χ1) is 8.33. The Morgan fingerprint density at radius 1 is 1.18 bits per heavy atom. The molecule has 0 fully saturated rings. The van der Waals surface area contributed by atoms with Gasteiger partial charge in [-0.1, -0.05) is 20.8 Å². The van der Waals surface area contributed by atoms with E-state index in [-0.39, 0.29) is 0 Å². The highest BCUT2D eigenvalue weighted by Crippen LogP contribution is 2.28. The van der Waals surface area contributed by atoms with Crippen molar-refractivity contribution in [1.29, 1.82) is 0 Å². The van der Waals surface area contributed by atoms with Crippen LogP contribution in [-0.4, -0.2) is 12.1 Å². The van der Waals surface area contributed by atoms with Gasteiger partial charge in [-0.05, 0) is 24.6 Å². The average Bonchev–Trinajstić information content (AvgIpc) is 2.90. The van der Waals surface area contributed by atoms with Crippen molar-refractivity contribution >= 4 is 11.3 Å². The van der Waals surface area contributed by atoms with E-state index in [1.807, 2.05) is 43.5 Å². The molecule has 0 saturated carbocycles. The van der Waals surface area contributed by atoms with Gasteiger partial charge >= 0.3 is 0 Å². The molecule has 0 aliphatic rings. The molecule has 0 aliphatic carbocycles. The molecule has 0 amide bonds. The Morgan fingerprint density at radius 3 is 2.41 bits per heavy atom. The Bertz CT molecular complexity index is 434. The van der Waals surface area contributed by atoms with Crippen LogP contribution in [0.2, 0.25) is 0 Å². The summed E-state index contributed by atoms with van der Waals surface area (Å²) in [5.74, 6) is 0.658. The van der Waals surface area contributed by atoms with Crippen molar-refractivity contribution in [2.45, 2.75) is 27.2 Å². The third-order valence-electron chi connectivity index (χ3n) is 2.24. The minimum Gasteiger partial charge on any atom is -0.481 e. The van der Waals surface area contributed by atoms with E-state index < -0.39 is 0 Å². The van der Waals surface area contributed by atoms with Gasteiger partial charge in [-0.2, -0.15) is 0 Å². The maximum atomic E-state index is 5.02. The fourth-order valence-electron chi connectivity index (χ4n) is 1.37. The molecule has 0 spiro atoms. The highest BCUT2D eigenvalue weighted by atomic mass is 32.1. The monoisotopic (exact) mass is 249 g/mol. The zero-order chi connectivity index (χ0) is 12.7. The van der Waals surface area contributed by atoms with E-state index in [4.69, 9.17) is 4.74 Å². The minimum absolute atomic E-state index is 0.658. The summed E-state index contributed by atoms with van der Waals surface area (Å²) >= 11 is 1.82. The molecular weight excluding hydrogens is 230 g/mol. The van der Waals surface area contributed by atoms with Gasteiger partial charge in [-0.25, -0.2) is 4.98 Å². The van der Waals surface area contributed by atoms with E-state index in [2.05, 4.69) is 24.0 Å². The van der Waals surface area contributed by atoms with Crippen LogP contribution < -0.4 is 4.74 Å². The first-order valence-electron chi connectivity index (χ1n) is 5.92. The van der Waals surface area contributed by atoms with Crippen molar-refractivity contribution in [3.8, 4) is 16.3 Å². The van der Waals surface area contributed by atoms with Crippen LogP contribution >= 0.6 is 11.3 Å². The van der Waals surface area contributed by atoms with Crippen molar-refractivity contribution in [3.05, 3.63) is 35.3 Å². The summed E-state index contributed by atoms with van der Waals surface area (Å²) < 4.78 is 5.02. The van der Waals surface area contributed by atoms with Gasteiger partial charge in [0.1, 0.15) is 0 Å². The van der Waals surface area contributed by atoms with Gasteiger partial charge in [-0.3, -0.25) is 0 Å². The average molecular weight is 249 g/mol. The number of rotatable bonds is 3. The first-order valence-corrected chi connectivity index (χ1v) is 6.74. The summed E-state index contributed by atoms with van der Waals surface area (Å²) in [6.45, 7) is 6.17. The molecule has 0 radical (unpaired) electrons. The van der Waals surface area contributed by atoms with Crippen LogP contribution in [-0.2, 0) is 6.42 Å². The molecule has 0 N–H and O–H groups in total. The number of methoxy groups -OCH3 is 1. The van der Waals surface area contributed by atoms with Crippen LogP contribution in [0.4, 0.5) is 0 Å². The standard InChI is InChI=1S/C12H13NOS.C2H6/c1-3-10-5-6-11(15-10)9-4-7-12(14-2)13-8-9;1-2/h4-8H,3H2,1-2H3;1-2H3. The van der Waals surface area contributed by atoms with Crippen molar-refractivity contribution in [1.82, 2.24) is 4.98 Å². The van der Waals surface area contributed by atoms with Crippen molar-refractivity contribution in [2.75, 3.05) is 7.11 Å². The third-order valence-corrected chi connectivity index (χ3v) is 3.52. The summed E-state index contributed by atoms with van der Waals surface area (Å²) in [5, 5.41) is 0. The van der Waals surface area contributed by atoms with Crippen molar-refractivity contribution < 1.29 is 4.74 Å². The largest absolute Gasteiger partial charge is 0.481 e. The fourth-order valence-corrected chi connectivity index (χ4v) is 2.31. The smallest absolute Gasteiger partial charge is 0.212 e. The molecule has 17 heavy (non-hydrogen) atoms. The lowest BCUT2D eigenvalue weighted by atomic mass is 10.2. The second-order valence-corrected chi connectivity index (χ2v) is 4.38. The highest BCUT2D eigenvalue weighted by molar-refractivity contribution is 7.15. The van der Waals surface area contributed by atoms with Crippen molar-refractivity contribution in [3.63, 3.8) is 0 Å². The Balaban J connectivity index is 0.000000686. The van der Waals surface area contributed by atoms with Gasteiger partial charge in [0.25, 0.3) is 0 Å². The molecular formula is C14H19NOS. The van der Waals surface area contributed by atoms with Gasteiger partial charge in [-0.15, -0.1) is 11.3 Å². The van der Waals surface area contributed by atoms with E-state index >= 15 is 0 Å². The number of aryl methyl sites for hydroxylation is 1. The summed E-state index contributed by atoms with van der Waals surface area (Å²) in [6.07, 6.45) is 2.94. The number of thiophene rings is 1. The summed E-state index contributed by atoms with van der Waals surface area (Å²) in [7, 11) is 1.63. The first kappa shape index (κ1) is 13.7. The van der Waals surface area contributed by atoms with Gasteiger partial charge in [0.05, 0.1) is 7.11 Å². The third kappa shape index (κ3) is 3.56. The molecule has 92 valence electrons. The Labute approximate surface area is 107 Å². The second kappa shape index (κ2) is 7.07. The molecule has 0 saturated heterocycles. The molecule has 0 bridgehead atoms. The van der Waals surface area contributed by atoms with Gasteiger partial charge in [0.15, 0.2) is 0 Å². The zero-order valence-electron chi connectivity index (χ0n) is 10.9. The molecule has 0 aromatic carbocycles. The highest BCUT2D eigenvalue weighted by Gasteiger charge is 2.02. The molecule has 2 heterocycles. The number of nitrogens with zero attached hydrogens (tertiary/aromatic N) is 1. The predicted molar refractivity (Wildman–Crippen MR) is 74.8 cm³/mol. The number of hydrogen-bond donors (Lipinski definition) is 0. The van der Waals surface area contributed by atoms with Crippen LogP contribution in [0.15, 0.2) is 30.5 Å². The molecule has 2 aromatic rings. The molecule has 0 unspecified atom stereocenters. The lowest BCUT2D eigenvalue weighted by molar-refractivity contribution is 0.398. The SMILES string of the molecule is CC.CCc1ccc(-c2ccc(OC)nc2)s1. The summed E-state index contributed by atoms with van der Waals surface area (Å²) in [6, 6.07) is 8.25. The molecule has 2 nitrogen and oxygen atoms in total. The second-order valence-electron chi connectivity index (χ2n) is 3.21. The number of hydrogen-bond acceptors (Lipinski definition) is 3. The van der Waals surface area contributed by atoms with E-state index in [9.17, 15) is 0 Å². The van der Waals surface area contributed by atoms with Crippen LogP contribution in [0.1, 0.15) is 25.6 Å². The van der Waals surface area contributed by atoms with E-state index in [1.54, 1.807) is 7.11 Å². The maximum Gasteiger partial charge on any atom is 0.212 e. The molecule has 3 heteroatoms. The lowest BCUT2D eigenvalue weighted by Gasteiger charge is -1.99. The van der Waals surface area contributed by atoms with E-state index in [0.29, 0.717) is 5.88 Å². The fraction of sp³-hybridized carbons (Fsp3) is 0.357. The van der Waals surface area contributed by atoms with E-state index in [0.717, 1.165) is 12.0 Å². The quantitative estimate of drug-likeness (QED) is 0.804. The van der Waals surface area contributed by atoms with E-state index in [1.165, 1.54) is 9.75 Å². The molecule has 2 aromatic heterocycles. The molecule has 2 rings (SSSR count). The van der Waals surface area contributed by atoms with Crippen LogP contribution in [0.3, 0.4) is 0 Å². The number of aromatic nitrogens is 1. The summed E-state index contributed by atoms with van der Waals surface area (Å²) in [4.78, 5) is 6.86. The minimum atomic E-state index is 0.658. The summed E-state index contributed by atoms with van der Waals surface area (Å²) in [5.41, 5.74) is 1.15. The Hall–Kier alpha value is -1.35. The zero-order valence-corrected chi connectivity index (χ0v) is 11.7. The maximum absolute atomic E-state index is 5.02. The Kier molecular flexibility index (Phi) is 5.70. The molecule has 0 atom stereocenters. The number of pyridine rings is 1.